The van der Waals surface area contributed by atoms with Crippen molar-refractivity contribution in [3.63, 3.8) is 0 Å². The molecule has 0 atom stereocenters. The lowest BCUT2D eigenvalue weighted by Gasteiger charge is -2.28. The molecule has 0 spiro atoms. The summed E-state index contributed by atoms with van der Waals surface area (Å²) in [7, 11) is 0. The number of allylic oxidation sites excluding steroid dienone is 1. The molecule has 1 aliphatic rings. The van der Waals surface area contributed by atoms with Crippen LogP contribution in [0.2, 0.25) is 0 Å². The van der Waals surface area contributed by atoms with Crippen LogP contribution in [0.15, 0.2) is 24.5 Å². The molecule has 0 unspecified atom stereocenters. The lowest BCUT2D eigenvalue weighted by Crippen LogP contribution is -2.20. The molecule has 23 heavy (non-hydrogen) atoms. The summed E-state index contributed by atoms with van der Waals surface area (Å²) >= 11 is 0. The molecule has 0 heterocycles. The lowest BCUT2D eigenvalue weighted by atomic mass is 9.80. The number of ether oxygens (including phenoxy) is 2. The number of hydrogen-bond acceptors (Lipinski definition) is 2. The Hall–Kier alpha value is -1.58. The molecule has 0 amide bonds. The van der Waals surface area contributed by atoms with Crippen LogP contribution >= 0.6 is 0 Å². The summed E-state index contributed by atoms with van der Waals surface area (Å²) < 4.78 is 38.4. The summed E-state index contributed by atoms with van der Waals surface area (Å²) in [4.78, 5) is 0. The van der Waals surface area contributed by atoms with Gasteiger partial charge in [0, 0.05) is 0 Å². The third-order valence-electron chi connectivity index (χ3n) is 4.48. The first-order valence-electron chi connectivity index (χ1n) is 8.54. The van der Waals surface area contributed by atoms with Gasteiger partial charge in [-0.15, -0.1) is 0 Å². The summed E-state index contributed by atoms with van der Waals surface area (Å²) in [6.07, 6.45) is 10.1. The van der Waals surface area contributed by atoms with E-state index >= 15 is 0 Å². The van der Waals surface area contributed by atoms with Crippen molar-refractivity contribution < 1.29 is 18.3 Å². The molecule has 0 bridgehead atoms. The molecule has 1 aromatic carbocycles. The molecule has 2 nitrogen and oxygen atoms in total. The minimum atomic E-state index is -1.01. The van der Waals surface area contributed by atoms with Gasteiger partial charge in [0.2, 0.25) is 11.6 Å². The molecule has 0 aliphatic heterocycles. The van der Waals surface area contributed by atoms with Crippen molar-refractivity contribution >= 4 is 0 Å². The molecule has 128 valence electrons. The molecule has 4 heteroatoms. The van der Waals surface area contributed by atoms with Crippen LogP contribution in [0.1, 0.15) is 52.4 Å². The largest absolute Gasteiger partial charge is 0.490 e. The molecule has 0 aromatic heterocycles. The van der Waals surface area contributed by atoms with Crippen molar-refractivity contribution in [1.82, 2.24) is 0 Å². The van der Waals surface area contributed by atoms with Gasteiger partial charge in [-0.25, -0.2) is 0 Å². The predicted molar refractivity (Wildman–Crippen MR) is 87.7 cm³/mol. The zero-order valence-electron chi connectivity index (χ0n) is 14.0. The van der Waals surface area contributed by atoms with E-state index in [-0.39, 0.29) is 11.5 Å². The number of benzene rings is 1. The highest BCUT2D eigenvalue weighted by molar-refractivity contribution is 5.35. The maximum Gasteiger partial charge on any atom is 0.205 e. The zero-order chi connectivity index (χ0) is 16.7. The third kappa shape index (κ3) is 4.95. The van der Waals surface area contributed by atoms with E-state index in [1.165, 1.54) is 44.1 Å². The topological polar surface area (TPSA) is 18.5 Å². The number of halogens is 2. The predicted octanol–water partition coefficient (Wildman–Crippen LogP) is 5.86. The number of rotatable bonds is 7. The van der Waals surface area contributed by atoms with Gasteiger partial charge in [0.25, 0.3) is 0 Å². The van der Waals surface area contributed by atoms with Crippen LogP contribution in [0, 0.1) is 23.5 Å². The molecule has 0 radical (unpaired) electrons. The first-order valence-corrected chi connectivity index (χ1v) is 8.54. The Labute approximate surface area is 137 Å². The molecule has 1 fully saturated rings. The second-order valence-electron chi connectivity index (χ2n) is 6.26. The average Bonchev–Trinajstić information content (AvgIpc) is 2.57. The van der Waals surface area contributed by atoms with Gasteiger partial charge in [-0.3, -0.25) is 0 Å². The van der Waals surface area contributed by atoms with Crippen molar-refractivity contribution in [2.24, 2.45) is 11.8 Å². The van der Waals surface area contributed by atoms with E-state index in [2.05, 4.69) is 6.92 Å². The maximum atomic E-state index is 14.0. The Morgan fingerprint density at radius 2 is 1.65 bits per heavy atom. The first-order chi connectivity index (χ1) is 11.2. The van der Waals surface area contributed by atoms with Crippen molar-refractivity contribution in [2.75, 3.05) is 6.61 Å². The molecular formula is C19H26F2O2. The van der Waals surface area contributed by atoms with E-state index in [4.69, 9.17) is 9.47 Å². The van der Waals surface area contributed by atoms with Crippen LogP contribution in [0.25, 0.3) is 0 Å². The average molecular weight is 324 g/mol. The molecular weight excluding hydrogens is 298 g/mol. The Morgan fingerprint density at radius 3 is 2.30 bits per heavy atom. The highest BCUT2D eigenvalue weighted by Gasteiger charge is 2.22. The Kier molecular flexibility index (Phi) is 6.87. The van der Waals surface area contributed by atoms with E-state index < -0.39 is 11.6 Å². The molecule has 2 rings (SSSR count). The minimum Gasteiger partial charge on any atom is -0.490 e. The summed E-state index contributed by atoms with van der Waals surface area (Å²) in [6, 6.07) is 2.83. The van der Waals surface area contributed by atoms with Crippen molar-refractivity contribution in [3.8, 4) is 11.5 Å². The second-order valence-corrected chi connectivity index (χ2v) is 6.26. The Balaban J connectivity index is 1.88. The lowest BCUT2D eigenvalue weighted by molar-refractivity contribution is 0.173. The van der Waals surface area contributed by atoms with Gasteiger partial charge in [0.05, 0.1) is 12.9 Å². The molecule has 0 N–H and O–H groups in total. The van der Waals surface area contributed by atoms with Gasteiger partial charge in [-0.05, 0) is 43.7 Å². The highest BCUT2D eigenvalue weighted by Crippen LogP contribution is 2.33. The minimum absolute atomic E-state index is 0.0361. The van der Waals surface area contributed by atoms with Crippen LogP contribution in [0.5, 0.6) is 11.5 Å². The van der Waals surface area contributed by atoms with Gasteiger partial charge in [-0.1, -0.05) is 38.7 Å². The molecule has 0 saturated heterocycles. The molecule has 1 aliphatic carbocycles. The monoisotopic (exact) mass is 324 g/mol. The van der Waals surface area contributed by atoms with Crippen molar-refractivity contribution in [2.45, 2.75) is 52.4 Å². The van der Waals surface area contributed by atoms with E-state index in [1.807, 2.05) is 0 Å². The number of hydrogen-bond donors (Lipinski definition) is 0. The quantitative estimate of drug-likeness (QED) is 0.585. The van der Waals surface area contributed by atoms with Crippen LogP contribution in [0.4, 0.5) is 8.78 Å². The zero-order valence-corrected chi connectivity index (χ0v) is 14.0. The Bertz CT molecular complexity index is 520. The van der Waals surface area contributed by atoms with Crippen LogP contribution in [-0.2, 0) is 0 Å². The summed E-state index contributed by atoms with van der Waals surface area (Å²) in [6.45, 7) is 4.40. The van der Waals surface area contributed by atoms with Gasteiger partial charge >= 0.3 is 0 Å². The fourth-order valence-electron chi connectivity index (χ4n) is 3.16. The molecule has 1 aromatic rings. The standard InChI is InChI=1S/C19H26F2O2/c1-3-5-14-6-8-15(9-7-14)13-23-17-11-10-16(22-12-4-2)18(20)19(17)21/h4,10-12,14-15H,3,5-9,13H2,1-2H3/b12-4+. The van der Waals surface area contributed by atoms with E-state index in [9.17, 15) is 8.78 Å². The van der Waals surface area contributed by atoms with Gasteiger partial charge in [0.1, 0.15) is 0 Å². The van der Waals surface area contributed by atoms with Crippen LogP contribution in [-0.4, -0.2) is 6.61 Å². The third-order valence-corrected chi connectivity index (χ3v) is 4.48. The van der Waals surface area contributed by atoms with Crippen LogP contribution in [0.3, 0.4) is 0 Å². The fourth-order valence-corrected chi connectivity index (χ4v) is 3.16. The maximum absolute atomic E-state index is 14.0. The Morgan fingerprint density at radius 1 is 1.04 bits per heavy atom. The first kappa shape index (κ1) is 17.8. The van der Waals surface area contributed by atoms with E-state index in [1.54, 1.807) is 13.0 Å². The normalized spacial score (nSPS) is 21.6. The smallest absolute Gasteiger partial charge is 0.205 e. The van der Waals surface area contributed by atoms with Crippen LogP contribution < -0.4 is 9.47 Å². The van der Waals surface area contributed by atoms with Crippen molar-refractivity contribution in [1.29, 1.82) is 0 Å². The van der Waals surface area contributed by atoms with Crippen molar-refractivity contribution in [3.05, 3.63) is 36.1 Å². The van der Waals surface area contributed by atoms with Gasteiger partial charge in [0.15, 0.2) is 11.5 Å². The second kappa shape index (κ2) is 8.90. The summed E-state index contributed by atoms with van der Waals surface area (Å²) in [5.74, 6) is -0.893. The highest BCUT2D eigenvalue weighted by atomic mass is 19.2. The van der Waals surface area contributed by atoms with E-state index in [0.717, 1.165) is 18.8 Å². The van der Waals surface area contributed by atoms with Gasteiger partial charge in [-0.2, -0.15) is 8.78 Å². The summed E-state index contributed by atoms with van der Waals surface area (Å²) in [5.41, 5.74) is 0. The van der Waals surface area contributed by atoms with Gasteiger partial charge < -0.3 is 9.47 Å². The SMILES string of the molecule is C/C=C/Oc1ccc(OCC2CCC(CCC)CC2)c(F)c1F. The fraction of sp³-hybridized carbons (Fsp3) is 0.579. The van der Waals surface area contributed by atoms with E-state index in [0.29, 0.717) is 12.5 Å². The summed E-state index contributed by atoms with van der Waals surface area (Å²) in [5, 5.41) is 0. The molecule has 1 saturated carbocycles.